The van der Waals surface area contributed by atoms with Crippen LogP contribution in [0.3, 0.4) is 0 Å². The van der Waals surface area contributed by atoms with Crippen LogP contribution in [0.25, 0.3) is 21.8 Å². The maximum atomic E-state index is 5.68. The minimum Gasteiger partial charge on any atom is -0.494 e. The number of hydrogen-bond donors (Lipinski definition) is 1. The van der Waals surface area contributed by atoms with E-state index >= 15 is 0 Å². The number of thioether (sulfide) groups is 1. The lowest BCUT2D eigenvalue weighted by atomic mass is 10.3. The molecule has 1 aromatic carbocycles. The van der Waals surface area contributed by atoms with E-state index in [0.717, 1.165) is 26.8 Å². The van der Waals surface area contributed by atoms with Gasteiger partial charge in [0.05, 0.1) is 28.3 Å². The smallest absolute Gasteiger partial charge is 0.257 e. The molecular weight excluding hydrogens is 344 g/mol. The van der Waals surface area contributed by atoms with E-state index in [0.29, 0.717) is 24.1 Å². The Morgan fingerprint density at radius 1 is 1.29 bits per heavy atom. The largest absolute Gasteiger partial charge is 0.494 e. The third kappa shape index (κ3) is 3.15. The highest BCUT2D eigenvalue weighted by Crippen LogP contribution is 2.27. The molecule has 4 rings (SSSR count). The fraction of sp³-hybridized carbons (Fsp3) is 0.188. The SMILES string of the molecule is CCOc1ccc2nc(SCc3nnc(-c4cccs4)o3)[nH]c2c1. The molecule has 0 fully saturated rings. The number of aromatic nitrogens is 4. The highest BCUT2D eigenvalue weighted by atomic mass is 32.2. The Morgan fingerprint density at radius 3 is 3.08 bits per heavy atom. The summed E-state index contributed by atoms with van der Waals surface area (Å²) >= 11 is 3.11. The third-order valence-corrected chi connectivity index (χ3v) is 4.99. The van der Waals surface area contributed by atoms with Gasteiger partial charge < -0.3 is 14.1 Å². The number of imidazole rings is 1. The number of nitrogens with one attached hydrogen (secondary N) is 1. The number of nitrogens with zero attached hydrogens (tertiary/aromatic N) is 3. The first-order valence-electron chi connectivity index (χ1n) is 7.43. The van der Waals surface area contributed by atoms with Crippen molar-refractivity contribution in [2.75, 3.05) is 6.61 Å². The molecule has 122 valence electrons. The van der Waals surface area contributed by atoms with Crippen LogP contribution in [-0.2, 0) is 5.75 Å². The molecule has 0 spiro atoms. The van der Waals surface area contributed by atoms with Crippen molar-refractivity contribution < 1.29 is 9.15 Å². The average molecular weight is 358 g/mol. The van der Waals surface area contributed by atoms with Crippen LogP contribution in [0.1, 0.15) is 12.8 Å². The van der Waals surface area contributed by atoms with Crippen molar-refractivity contribution in [1.82, 2.24) is 20.2 Å². The number of aromatic amines is 1. The standard InChI is InChI=1S/C16H14N4O2S2/c1-2-21-10-5-6-11-12(8-10)18-16(17-11)24-9-14-19-20-15(22-14)13-4-3-7-23-13/h3-8H,2,9H2,1H3,(H,17,18). The highest BCUT2D eigenvalue weighted by molar-refractivity contribution is 7.98. The number of hydrogen-bond acceptors (Lipinski definition) is 7. The van der Waals surface area contributed by atoms with Crippen LogP contribution in [0.2, 0.25) is 0 Å². The van der Waals surface area contributed by atoms with Gasteiger partial charge in [-0.3, -0.25) is 0 Å². The van der Waals surface area contributed by atoms with Gasteiger partial charge in [0.15, 0.2) is 5.16 Å². The molecule has 8 heteroatoms. The molecule has 0 aliphatic heterocycles. The van der Waals surface area contributed by atoms with Crippen molar-refractivity contribution in [3.05, 3.63) is 41.6 Å². The van der Waals surface area contributed by atoms with Crippen molar-refractivity contribution in [2.45, 2.75) is 17.8 Å². The second kappa shape index (κ2) is 6.66. The van der Waals surface area contributed by atoms with Crippen LogP contribution < -0.4 is 4.74 Å². The van der Waals surface area contributed by atoms with E-state index < -0.39 is 0 Å². The molecular formula is C16H14N4O2S2. The summed E-state index contributed by atoms with van der Waals surface area (Å²) in [6.07, 6.45) is 0. The lowest BCUT2D eigenvalue weighted by Gasteiger charge is -2.00. The Bertz CT molecular complexity index is 946. The van der Waals surface area contributed by atoms with Crippen LogP contribution in [0.4, 0.5) is 0 Å². The van der Waals surface area contributed by atoms with Crippen molar-refractivity contribution in [1.29, 1.82) is 0 Å². The topological polar surface area (TPSA) is 76.8 Å². The highest BCUT2D eigenvalue weighted by Gasteiger charge is 2.11. The normalized spacial score (nSPS) is 11.2. The second-order valence-corrected chi connectivity index (χ2v) is 6.83. The van der Waals surface area contributed by atoms with E-state index in [1.54, 1.807) is 11.3 Å². The molecule has 0 saturated heterocycles. The summed E-state index contributed by atoms with van der Waals surface area (Å²) in [4.78, 5) is 8.81. The molecule has 0 bridgehead atoms. The summed E-state index contributed by atoms with van der Waals surface area (Å²) in [6.45, 7) is 2.61. The summed E-state index contributed by atoms with van der Waals surface area (Å²) in [5.74, 6) is 2.55. The van der Waals surface area contributed by atoms with Crippen molar-refractivity contribution >= 4 is 34.1 Å². The van der Waals surface area contributed by atoms with Gasteiger partial charge in [0.25, 0.3) is 5.89 Å². The maximum absolute atomic E-state index is 5.68. The van der Waals surface area contributed by atoms with Crippen LogP contribution in [-0.4, -0.2) is 26.8 Å². The molecule has 6 nitrogen and oxygen atoms in total. The molecule has 0 aliphatic rings. The summed E-state index contributed by atoms with van der Waals surface area (Å²) in [5.41, 5.74) is 1.86. The first-order valence-corrected chi connectivity index (χ1v) is 9.30. The van der Waals surface area contributed by atoms with E-state index in [1.807, 2.05) is 42.6 Å². The first-order chi connectivity index (χ1) is 11.8. The lowest BCUT2D eigenvalue weighted by molar-refractivity contribution is 0.340. The van der Waals surface area contributed by atoms with Gasteiger partial charge in [-0.05, 0) is 30.5 Å². The molecule has 3 aromatic heterocycles. The van der Waals surface area contributed by atoms with Crippen molar-refractivity contribution in [3.63, 3.8) is 0 Å². The molecule has 0 saturated carbocycles. The van der Waals surface area contributed by atoms with E-state index in [4.69, 9.17) is 9.15 Å². The minimum atomic E-state index is 0.562. The van der Waals surface area contributed by atoms with Gasteiger partial charge in [-0.25, -0.2) is 4.98 Å². The van der Waals surface area contributed by atoms with Crippen LogP contribution in [0.15, 0.2) is 45.3 Å². The summed E-state index contributed by atoms with van der Waals surface area (Å²) in [5, 5.41) is 11.0. The Morgan fingerprint density at radius 2 is 2.25 bits per heavy atom. The number of H-pyrrole nitrogens is 1. The van der Waals surface area contributed by atoms with Crippen molar-refractivity contribution in [2.24, 2.45) is 0 Å². The Kier molecular flexibility index (Phi) is 4.22. The molecule has 0 aliphatic carbocycles. The molecule has 0 amide bonds. The van der Waals surface area contributed by atoms with Gasteiger partial charge in [0.2, 0.25) is 5.89 Å². The summed E-state index contributed by atoms with van der Waals surface area (Å²) < 4.78 is 11.2. The number of benzene rings is 1. The predicted octanol–water partition coefficient (Wildman–Crippen LogP) is 4.37. The zero-order valence-corrected chi connectivity index (χ0v) is 14.5. The van der Waals surface area contributed by atoms with Crippen molar-refractivity contribution in [3.8, 4) is 16.5 Å². The predicted molar refractivity (Wildman–Crippen MR) is 94.4 cm³/mol. The van der Waals surface area contributed by atoms with Crippen LogP contribution >= 0.6 is 23.1 Å². The molecule has 0 unspecified atom stereocenters. The van der Waals surface area contributed by atoms with E-state index in [1.165, 1.54) is 11.8 Å². The van der Waals surface area contributed by atoms with Crippen LogP contribution in [0, 0.1) is 0 Å². The summed E-state index contributed by atoms with van der Waals surface area (Å²) in [6, 6.07) is 9.75. The maximum Gasteiger partial charge on any atom is 0.257 e. The zero-order chi connectivity index (χ0) is 16.4. The second-order valence-electron chi connectivity index (χ2n) is 4.92. The van der Waals surface area contributed by atoms with E-state index in [2.05, 4.69) is 20.2 Å². The van der Waals surface area contributed by atoms with Gasteiger partial charge >= 0.3 is 0 Å². The Balaban J connectivity index is 1.46. The molecule has 24 heavy (non-hydrogen) atoms. The third-order valence-electron chi connectivity index (χ3n) is 3.27. The zero-order valence-electron chi connectivity index (χ0n) is 12.9. The number of rotatable bonds is 6. The summed E-state index contributed by atoms with van der Waals surface area (Å²) in [7, 11) is 0. The minimum absolute atomic E-state index is 0.562. The quantitative estimate of drug-likeness (QED) is 0.516. The number of thiophene rings is 1. The van der Waals surface area contributed by atoms with Crippen LogP contribution in [0.5, 0.6) is 5.75 Å². The van der Waals surface area contributed by atoms with Gasteiger partial charge in [0.1, 0.15) is 5.75 Å². The Labute approximate surface area is 146 Å². The Hall–Kier alpha value is -2.32. The molecule has 1 N–H and O–H groups in total. The van der Waals surface area contributed by atoms with E-state index in [-0.39, 0.29) is 0 Å². The monoisotopic (exact) mass is 358 g/mol. The first kappa shape index (κ1) is 15.2. The van der Waals surface area contributed by atoms with E-state index in [9.17, 15) is 0 Å². The lowest BCUT2D eigenvalue weighted by Crippen LogP contribution is -1.90. The molecule has 4 aromatic rings. The van der Waals surface area contributed by atoms with Gasteiger partial charge in [-0.1, -0.05) is 17.8 Å². The van der Waals surface area contributed by atoms with Gasteiger partial charge in [-0.15, -0.1) is 21.5 Å². The van der Waals surface area contributed by atoms with Gasteiger partial charge in [0, 0.05) is 6.07 Å². The fourth-order valence-electron chi connectivity index (χ4n) is 2.23. The number of ether oxygens (including phenoxy) is 1. The molecule has 0 radical (unpaired) electrons. The number of fused-ring (bicyclic) bond motifs is 1. The fourth-order valence-corrected chi connectivity index (χ4v) is 3.60. The average Bonchev–Trinajstić information content (AvgIpc) is 3.32. The van der Waals surface area contributed by atoms with Gasteiger partial charge in [-0.2, -0.15) is 0 Å². The molecule has 0 atom stereocenters. The molecule has 3 heterocycles.